The van der Waals surface area contributed by atoms with Crippen LogP contribution in [-0.4, -0.2) is 37.2 Å². The molecule has 0 aliphatic carbocycles. The summed E-state index contributed by atoms with van der Waals surface area (Å²) >= 11 is 18.6. The van der Waals surface area contributed by atoms with Crippen molar-refractivity contribution in [1.82, 2.24) is 10.2 Å². The molecule has 1 fully saturated rings. The molecule has 164 valence electrons. The fourth-order valence-electron chi connectivity index (χ4n) is 3.84. The molecule has 0 aromatic heterocycles. The van der Waals surface area contributed by atoms with Crippen molar-refractivity contribution in [2.45, 2.75) is 45.9 Å². The van der Waals surface area contributed by atoms with Gasteiger partial charge in [-0.05, 0) is 68.2 Å². The zero-order chi connectivity index (χ0) is 21.5. The highest BCUT2D eigenvalue weighted by molar-refractivity contribution is 6.42. The molecule has 1 heterocycles. The summed E-state index contributed by atoms with van der Waals surface area (Å²) in [6, 6.07) is 9.98. The van der Waals surface area contributed by atoms with Crippen LogP contribution in [0.5, 0.6) is 11.5 Å². The van der Waals surface area contributed by atoms with Gasteiger partial charge in [0.05, 0.1) is 21.7 Å². The van der Waals surface area contributed by atoms with Gasteiger partial charge >= 0.3 is 0 Å². The van der Waals surface area contributed by atoms with Gasteiger partial charge in [0, 0.05) is 19.1 Å². The van der Waals surface area contributed by atoms with Crippen LogP contribution in [0.2, 0.25) is 15.1 Å². The van der Waals surface area contributed by atoms with E-state index in [0.717, 1.165) is 30.8 Å². The molecule has 2 aromatic carbocycles. The second kappa shape index (κ2) is 11.4. The van der Waals surface area contributed by atoms with Gasteiger partial charge in [0.25, 0.3) is 0 Å². The number of hydrogen-bond acceptors (Lipinski definition) is 4. The van der Waals surface area contributed by atoms with Gasteiger partial charge < -0.3 is 14.8 Å². The van der Waals surface area contributed by atoms with Crippen LogP contribution in [0.15, 0.2) is 30.3 Å². The van der Waals surface area contributed by atoms with Crippen molar-refractivity contribution in [3.63, 3.8) is 0 Å². The summed E-state index contributed by atoms with van der Waals surface area (Å²) in [6.07, 6.45) is 2.54. The highest BCUT2D eigenvalue weighted by atomic mass is 35.5. The lowest BCUT2D eigenvalue weighted by Gasteiger charge is -2.23. The number of halogens is 3. The van der Waals surface area contributed by atoms with Crippen molar-refractivity contribution in [3.8, 4) is 11.5 Å². The van der Waals surface area contributed by atoms with E-state index in [4.69, 9.17) is 44.3 Å². The molecule has 1 saturated heterocycles. The van der Waals surface area contributed by atoms with Crippen molar-refractivity contribution in [2.24, 2.45) is 0 Å². The molecule has 7 heteroatoms. The number of benzene rings is 2. The van der Waals surface area contributed by atoms with Gasteiger partial charge in [-0.25, -0.2) is 0 Å². The first kappa shape index (κ1) is 23.5. The van der Waals surface area contributed by atoms with Crippen LogP contribution in [0.4, 0.5) is 0 Å². The van der Waals surface area contributed by atoms with Gasteiger partial charge in [0.2, 0.25) is 0 Å². The molecule has 2 aromatic rings. The van der Waals surface area contributed by atoms with Crippen molar-refractivity contribution in [1.29, 1.82) is 0 Å². The molecular weight excluding hydrogens is 443 g/mol. The average molecular weight is 472 g/mol. The minimum Gasteiger partial charge on any atom is -0.490 e. The zero-order valence-electron chi connectivity index (χ0n) is 17.5. The van der Waals surface area contributed by atoms with Crippen LogP contribution in [-0.2, 0) is 13.2 Å². The van der Waals surface area contributed by atoms with Crippen LogP contribution in [0.1, 0.15) is 37.8 Å². The lowest BCUT2D eigenvalue weighted by atomic mass is 10.1. The maximum Gasteiger partial charge on any atom is 0.180 e. The number of rotatable bonds is 10. The quantitative estimate of drug-likeness (QED) is 0.447. The molecule has 0 amide bonds. The van der Waals surface area contributed by atoms with E-state index in [-0.39, 0.29) is 0 Å². The number of hydrogen-bond donors (Lipinski definition) is 1. The lowest BCUT2D eigenvalue weighted by Crippen LogP contribution is -2.37. The van der Waals surface area contributed by atoms with Crippen LogP contribution in [0, 0.1) is 0 Å². The van der Waals surface area contributed by atoms with Gasteiger partial charge in [0.15, 0.2) is 11.5 Å². The molecule has 3 rings (SSSR count). The fraction of sp³-hybridized carbons (Fsp3) is 0.478. The van der Waals surface area contributed by atoms with Crippen LogP contribution in [0.25, 0.3) is 0 Å². The molecule has 1 atom stereocenters. The van der Waals surface area contributed by atoms with Crippen LogP contribution >= 0.6 is 34.8 Å². The third kappa shape index (κ3) is 6.18. The molecular formula is C23H29Cl3N2O2. The smallest absolute Gasteiger partial charge is 0.180 e. The number of nitrogens with zero attached hydrogens (tertiary/aromatic N) is 1. The van der Waals surface area contributed by atoms with Gasteiger partial charge in [-0.2, -0.15) is 0 Å². The average Bonchev–Trinajstić information content (AvgIpc) is 3.18. The van der Waals surface area contributed by atoms with E-state index >= 15 is 0 Å². The highest BCUT2D eigenvalue weighted by Crippen LogP contribution is 2.37. The fourth-order valence-corrected chi connectivity index (χ4v) is 4.45. The highest BCUT2D eigenvalue weighted by Gasteiger charge is 2.22. The van der Waals surface area contributed by atoms with Gasteiger partial charge in [-0.1, -0.05) is 47.8 Å². The van der Waals surface area contributed by atoms with Crippen molar-refractivity contribution in [2.75, 3.05) is 26.2 Å². The van der Waals surface area contributed by atoms with E-state index in [1.165, 1.54) is 19.4 Å². The van der Waals surface area contributed by atoms with Gasteiger partial charge in [0.1, 0.15) is 6.61 Å². The summed E-state index contributed by atoms with van der Waals surface area (Å²) in [5.74, 6) is 1.19. The minimum atomic E-state index is 0.322. The third-order valence-electron chi connectivity index (χ3n) is 5.35. The molecule has 1 aliphatic rings. The first-order valence-electron chi connectivity index (χ1n) is 10.5. The molecule has 0 spiro atoms. The largest absolute Gasteiger partial charge is 0.490 e. The predicted molar refractivity (Wildman–Crippen MR) is 125 cm³/mol. The summed E-state index contributed by atoms with van der Waals surface area (Å²) < 4.78 is 11.8. The van der Waals surface area contributed by atoms with E-state index in [9.17, 15) is 0 Å². The summed E-state index contributed by atoms with van der Waals surface area (Å²) in [4.78, 5) is 2.53. The monoisotopic (exact) mass is 470 g/mol. The standard InChI is InChI=1S/C23H29Cl3N2O2/c1-3-28-9-5-6-18(28)14-27-13-17-11-21(26)23(22(12-17)29-4-2)30-15-16-7-8-19(24)20(25)10-16/h7-8,10-12,18,27H,3-6,9,13-15H2,1-2H3/t18-/m0/s1. The number of ether oxygens (including phenoxy) is 2. The van der Waals surface area contributed by atoms with E-state index < -0.39 is 0 Å². The first-order valence-corrected chi connectivity index (χ1v) is 11.6. The predicted octanol–water partition coefficient (Wildman–Crippen LogP) is 6.20. The number of likely N-dealkylation sites (tertiary alicyclic amines) is 1. The molecule has 1 aliphatic heterocycles. The summed E-state index contributed by atoms with van der Waals surface area (Å²) in [5.41, 5.74) is 1.98. The Morgan fingerprint density at radius 2 is 1.80 bits per heavy atom. The van der Waals surface area contributed by atoms with Crippen molar-refractivity contribution < 1.29 is 9.47 Å². The molecule has 0 saturated carbocycles. The molecule has 30 heavy (non-hydrogen) atoms. The maximum atomic E-state index is 6.56. The summed E-state index contributed by atoms with van der Waals surface area (Å²) in [7, 11) is 0. The SMILES string of the molecule is CCOc1cc(CNC[C@@H]2CCCN2CC)cc(Cl)c1OCc1ccc(Cl)c(Cl)c1. The Labute approximate surface area is 194 Å². The van der Waals surface area contributed by atoms with E-state index in [1.54, 1.807) is 12.1 Å². The maximum absolute atomic E-state index is 6.56. The summed E-state index contributed by atoms with van der Waals surface area (Å²) in [6.45, 7) is 9.05. The van der Waals surface area contributed by atoms with Crippen LogP contribution in [0.3, 0.4) is 0 Å². The number of nitrogens with one attached hydrogen (secondary N) is 1. The second-order valence-corrected chi connectivity index (χ2v) is 8.65. The lowest BCUT2D eigenvalue weighted by molar-refractivity contribution is 0.259. The minimum absolute atomic E-state index is 0.322. The topological polar surface area (TPSA) is 33.7 Å². The van der Waals surface area contributed by atoms with Crippen molar-refractivity contribution in [3.05, 3.63) is 56.5 Å². The van der Waals surface area contributed by atoms with Crippen LogP contribution < -0.4 is 14.8 Å². The Morgan fingerprint density at radius 3 is 2.53 bits per heavy atom. The normalized spacial score (nSPS) is 16.8. The van der Waals surface area contributed by atoms with Crippen molar-refractivity contribution >= 4 is 34.8 Å². The molecule has 4 nitrogen and oxygen atoms in total. The Balaban J connectivity index is 1.64. The molecule has 1 N–H and O–H groups in total. The molecule has 0 radical (unpaired) electrons. The Hall–Kier alpha value is -1.17. The Kier molecular flexibility index (Phi) is 8.97. The van der Waals surface area contributed by atoms with E-state index in [1.807, 2.05) is 25.1 Å². The number of likely N-dealkylation sites (N-methyl/N-ethyl adjacent to an activating group) is 1. The Morgan fingerprint density at radius 1 is 1.00 bits per heavy atom. The molecule has 0 unspecified atom stereocenters. The van der Waals surface area contributed by atoms with E-state index in [0.29, 0.717) is 45.8 Å². The third-order valence-corrected chi connectivity index (χ3v) is 6.37. The zero-order valence-corrected chi connectivity index (χ0v) is 19.8. The first-order chi connectivity index (χ1) is 14.5. The van der Waals surface area contributed by atoms with Gasteiger partial charge in [-0.15, -0.1) is 0 Å². The van der Waals surface area contributed by atoms with Gasteiger partial charge in [-0.3, -0.25) is 4.90 Å². The van der Waals surface area contributed by atoms with E-state index in [2.05, 4.69) is 17.1 Å². The Bertz CT molecular complexity index is 847. The summed E-state index contributed by atoms with van der Waals surface area (Å²) in [5, 5.41) is 5.12. The molecule has 0 bridgehead atoms. The second-order valence-electron chi connectivity index (χ2n) is 7.43.